The van der Waals surface area contributed by atoms with E-state index in [-0.39, 0.29) is 22.1 Å². The van der Waals surface area contributed by atoms with Gasteiger partial charge in [0.05, 0.1) is 5.56 Å². The molecule has 2 aromatic rings. The Morgan fingerprint density at radius 3 is 2.57 bits per heavy atom. The third-order valence-corrected chi connectivity index (χ3v) is 4.26. The van der Waals surface area contributed by atoms with Crippen molar-refractivity contribution in [2.45, 2.75) is 19.3 Å². The fourth-order valence-corrected chi connectivity index (χ4v) is 3.04. The van der Waals surface area contributed by atoms with Crippen molar-refractivity contribution in [1.82, 2.24) is 0 Å². The highest BCUT2D eigenvalue weighted by Crippen LogP contribution is 2.47. The molecule has 0 aliphatic carbocycles. The number of likely N-dealkylation sites (N-methyl/N-ethyl adjacent to an activating group) is 1. The van der Waals surface area contributed by atoms with Gasteiger partial charge in [0.15, 0.2) is 11.1 Å². The molecule has 1 heterocycles. The Balaban J connectivity index is 2.19. The molecule has 0 aromatic heterocycles. The molecule has 0 unspecified atom stereocenters. The van der Waals surface area contributed by atoms with Crippen molar-refractivity contribution < 1.29 is 10.3 Å². The minimum Gasteiger partial charge on any atom is -0.504 e. The highest BCUT2D eigenvalue weighted by Gasteiger charge is 2.38. The standard InChI is InChI=1S/C16H16N2O3/c1-16(2)10-6-4-5-7-11(10)18(3)12(16)8-9-13(17-21)15(20)14(9)19/h4-8,19,21H,1-3H3/b12-8?,17-13-. The van der Waals surface area contributed by atoms with Crippen molar-refractivity contribution in [2.24, 2.45) is 5.16 Å². The van der Waals surface area contributed by atoms with Crippen molar-refractivity contribution in [3.8, 4) is 5.75 Å². The van der Waals surface area contributed by atoms with E-state index in [0.29, 0.717) is 0 Å². The minimum atomic E-state index is -0.625. The number of aromatic hydroxyl groups is 1. The first-order valence-corrected chi connectivity index (χ1v) is 6.65. The normalized spacial score (nSPS) is 19.5. The lowest BCUT2D eigenvalue weighted by Gasteiger charge is -2.24. The molecule has 5 nitrogen and oxygen atoms in total. The lowest BCUT2D eigenvalue weighted by atomic mass is 9.83. The summed E-state index contributed by atoms with van der Waals surface area (Å²) >= 11 is 0. The van der Waals surface area contributed by atoms with Gasteiger partial charge in [-0.3, -0.25) is 4.79 Å². The number of nitrogens with zero attached hydrogens (tertiary/aromatic N) is 2. The fraction of sp³-hybridized carbons (Fsp3) is 0.250. The third-order valence-electron chi connectivity index (χ3n) is 4.26. The number of anilines is 1. The molecule has 0 saturated carbocycles. The number of benzene rings is 1. The summed E-state index contributed by atoms with van der Waals surface area (Å²) in [5, 5.41) is 21.4. The summed E-state index contributed by atoms with van der Waals surface area (Å²) in [6, 6.07) is 8.05. The van der Waals surface area contributed by atoms with Crippen LogP contribution < -0.4 is 15.7 Å². The second-order valence-electron chi connectivity index (χ2n) is 5.77. The predicted octanol–water partition coefficient (Wildman–Crippen LogP) is 1.69. The van der Waals surface area contributed by atoms with Crippen LogP contribution in [0.3, 0.4) is 0 Å². The van der Waals surface area contributed by atoms with E-state index >= 15 is 0 Å². The summed E-state index contributed by atoms with van der Waals surface area (Å²) < 4.78 is 0. The van der Waals surface area contributed by atoms with Gasteiger partial charge in [0.25, 0.3) is 0 Å². The summed E-state index contributed by atoms with van der Waals surface area (Å²) in [5.74, 6) is -0.351. The zero-order valence-corrected chi connectivity index (χ0v) is 12.1. The lowest BCUT2D eigenvalue weighted by molar-refractivity contribution is 0.298. The van der Waals surface area contributed by atoms with Crippen LogP contribution >= 0.6 is 0 Å². The molecule has 2 N–H and O–H groups in total. The van der Waals surface area contributed by atoms with Gasteiger partial charge in [-0.15, -0.1) is 0 Å². The Morgan fingerprint density at radius 2 is 1.95 bits per heavy atom. The van der Waals surface area contributed by atoms with Crippen LogP contribution in [0.15, 0.2) is 39.9 Å². The van der Waals surface area contributed by atoms with E-state index in [9.17, 15) is 9.90 Å². The van der Waals surface area contributed by atoms with E-state index in [1.54, 1.807) is 6.08 Å². The third kappa shape index (κ3) is 1.63. The van der Waals surface area contributed by atoms with Gasteiger partial charge in [0.2, 0.25) is 5.43 Å². The zero-order chi connectivity index (χ0) is 15.4. The quantitative estimate of drug-likeness (QED) is 0.617. The second kappa shape index (κ2) is 4.22. The molecule has 0 fully saturated rings. The number of fused-ring (bicyclic) bond motifs is 1. The van der Waals surface area contributed by atoms with Gasteiger partial charge in [-0.25, -0.2) is 0 Å². The molecular weight excluding hydrogens is 268 g/mol. The van der Waals surface area contributed by atoms with Crippen LogP contribution in [0.2, 0.25) is 0 Å². The molecule has 1 aliphatic rings. The largest absolute Gasteiger partial charge is 0.504 e. The number of allylic oxidation sites excluding steroid dienone is 1. The maximum atomic E-state index is 11.4. The van der Waals surface area contributed by atoms with E-state index in [1.807, 2.05) is 30.1 Å². The van der Waals surface area contributed by atoms with Gasteiger partial charge in [0, 0.05) is 23.8 Å². The van der Waals surface area contributed by atoms with Crippen LogP contribution in [0, 0.1) is 0 Å². The van der Waals surface area contributed by atoms with E-state index < -0.39 is 5.43 Å². The molecule has 0 radical (unpaired) electrons. The smallest absolute Gasteiger partial charge is 0.250 e. The second-order valence-corrected chi connectivity index (χ2v) is 5.77. The lowest BCUT2D eigenvalue weighted by Crippen LogP contribution is -2.35. The predicted molar refractivity (Wildman–Crippen MR) is 79.9 cm³/mol. The van der Waals surface area contributed by atoms with Crippen molar-refractivity contribution in [1.29, 1.82) is 0 Å². The average Bonchev–Trinajstić information content (AvgIpc) is 2.67. The molecule has 3 rings (SSSR count). The molecule has 2 aromatic carbocycles. The van der Waals surface area contributed by atoms with Gasteiger partial charge in [-0.05, 0) is 17.7 Å². The molecule has 0 atom stereocenters. The monoisotopic (exact) mass is 284 g/mol. The first-order valence-electron chi connectivity index (χ1n) is 6.65. The minimum absolute atomic E-state index is 0.0971. The first-order chi connectivity index (χ1) is 9.89. The van der Waals surface area contributed by atoms with Crippen molar-refractivity contribution in [2.75, 3.05) is 11.9 Å². The topological polar surface area (TPSA) is 73.1 Å². The van der Waals surface area contributed by atoms with Gasteiger partial charge in [-0.1, -0.05) is 37.2 Å². The molecule has 0 bridgehead atoms. The van der Waals surface area contributed by atoms with Crippen LogP contribution in [-0.2, 0) is 5.41 Å². The SMILES string of the molecule is CN1C(=Cc2c(O)c(=O)/c2=N\O)C(C)(C)c2ccccc21. The van der Waals surface area contributed by atoms with Crippen molar-refractivity contribution in [3.63, 3.8) is 0 Å². The zero-order valence-electron chi connectivity index (χ0n) is 12.1. The number of hydrogen-bond acceptors (Lipinski definition) is 5. The van der Waals surface area contributed by atoms with Crippen molar-refractivity contribution in [3.05, 3.63) is 56.7 Å². The summed E-state index contributed by atoms with van der Waals surface area (Å²) in [6.45, 7) is 4.16. The fourth-order valence-electron chi connectivity index (χ4n) is 3.04. The highest BCUT2D eigenvalue weighted by atomic mass is 16.4. The number of rotatable bonds is 1. The van der Waals surface area contributed by atoms with E-state index in [2.05, 4.69) is 25.1 Å². The molecule has 0 saturated heterocycles. The van der Waals surface area contributed by atoms with E-state index in [0.717, 1.165) is 11.4 Å². The number of para-hydroxylation sites is 1. The maximum Gasteiger partial charge on any atom is 0.250 e. The van der Waals surface area contributed by atoms with Gasteiger partial charge >= 0.3 is 0 Å². The Labute approximate surface area is 121 Å². The highest BCUT2D eigenvalue weighted by molar-refractivity contribution is 5.77. The van der Waals surface area contributed by atoms with Crippen LogP contribution in [0.4, 0.5) is 5.69 Å². The van der Waals surface area contributed by atoms with Crippen LogP contribution in [-0.4, -0.2) is 17.4 Å². The molecule has 1 aliphatic heterocycles. The van der Waals surface area contributed by atoms with Crippen molar-refractivity contribution >= 4 is 11.8 Å². The molecular formula is C16H16N2O3. The van der Waals surface area contributed by atoms with Gasteiger partial charge in [0.1, 0.15) is 0 Å². The van der Waals surface area contributed by atoms with Gasteiger partial charge in [-0.2, -0.15) is 0 Å². The van der Waals surface area contributed by atoms with E-state index in [1.165, 1.54) is 5.56 Å². The van der Waals surface area contributed by atoms with Gasteiger partial charge < -0.3 is 15.2 Å². The molecule has 108 valence electrons. The summed E-state index contributed by atoms with van der Waals surface area (Å²) in [6.07, 6.45) is 1.71. The first kappa shape index (κ1) is 13.4. The molecule has 5 heteroatoms. The maximum absolute atomic E-state index is 11.4. The van der Waals surface area contributed by atoms with Crippen LogP contribution in [0.5, 0.6) is 5.75 Å². The summed E-state index contributed by atoms with van der Waals surface area (Å²) in [5.41, 5.74) is 2.58. The Kier molecular flexibility index (Phi) is 2.69. The summed E-state index contributed by atoms with van der Waals surface area (Å²) in [4.78, 5) is 13.4. The summed E-state index contributed by atoms with van der Waals surface area (Å²) in [7, 11) is 1.94. The average molecular weight is 284 g/mol. The molecule has 21 heavy (non-hydrogen) atoms. The van der Waals surface area contributed by atoms with Crippen LogP contribution in [0.25, 0.3) is 6.08 Å². The Hall–Kier alpha value is -2.56. The Bertz CT molecular complexity index is 839. The molecule has 0 amide bonds. The van der Waals surface area contributed by atoms with Crippen LogP contribution in [0.1, 0.15) is 25.0 Å². The molecule has 0 spiro atoms. The Morgan fingerprint density at radius 1 is 1.29 bits per heavy atom. The number of hydrogen-bond donors (Lipinski definition) is 2. The van der Waals surface area contributed by atoms with E-state index in [4.69, 9.17) is 5.21 Å².